The van der Waals surface area contributed by atoms with Crippen LogP contribution >= 0.6 is 11.6 Å². The van der Waals surface area contributed by atoms with Gasteiger partial charge in [-0.1, -0.05) is 30.7 Å². The maximum absolute atomic E-state index is 13.7. The number of hydrogen-bond donors (Lipinski definition) is 1. The van der Waals surface area contributed by atoms with Crippen LogP contribution in [0.4, 0.5) is 8.78 Å². The second-order valence-electron chi connectivity index (χ2n) is 4.74. The number of halogens is 3. The van der Waals surface area contributed by atoms with Crippen molar-refractivity contribution in [2.24, 2.45) is 5.73 Å². The Kier molecular flexibility index (Phi) is 5.15. The van der Waals surface area contributed by atoms with E-state index in [1.54, 1.807) is 24.3 Å². The minimum absolute atomic E-state index is 0.154. The molecule has 0 aromatic heterocycles. The van der Waals surface area contributed by atoms with Crippen LogP contribution in [0.2, 0.25) is 5.02 Å². The van der Waals surface area contributed by atoms with E-state index in [1.165, 1.54) is 0 Å². The maximum atomic E-state index is 13.7. The summed E-state index contributed by atoms with van der Waals surface area (Å²) < 4.78 is 32.6. The van der Waals surface area contributed by atoms with Crippen molar-refractivity contribution in [3.63, 3.8) is 0 Å². The molecule has 2 nitrogen and oxygen atoms in total. The highest BCUT2D eigenvalue weighted by Crippen LogP contribution is 2.28. The minimum atomic E-state index is -0.626. The SMILES string of the molecule is CCC(N)C(Oc1cc(F)ccc1F)c1ccc(Cl)cc1. The smallest absolute Gasteiger partial charge is 0.165 e. The lowest BCUT2D eigenvalue weighted by molar-refractivity contribution is 0.163. The number of nitrogens with two attached hydrogens (primary N) is 1. The van der Waals surface area contributed by atoms with Gasteiger partial charge in [0, 0.05) is 17.1 Å². The molecule has 0 spiro atoms. The third-order valence-electron chi connectivity index (χ3n) is 3.21. The fourth-order valence-corrected chi connectivity index (χ4v) is 2.10. The molecule has 2 aromatic carbocycles. The van der Waals surface area contributed by atoms with Crippen molar-refractivity contribution in [3.8, 4) is 5.75 Å². The van der Waals surface area contributed by atoms with E-state index in [-0.39, 0.29) is 11.8 Å². The predicted octanol–water partition coefficient (Wildman–Crippen LogP) is 4.48. The molecule has 0 amide bonds. The Morgan fingerprint density at radius 1 is 1.14 bits per heavy atom. The topological polar surface area (TPSA) is 35.2 Å². The normalized spacial score (nSPS) is 13.8. The predicted molar refractivity (Wildman–Crippen MR) is 79.4 cm³/mol. The molecule has 0 radical (unpaired) electrons. The third kappa shape index (κ3) is 3.93. The number of hydrogen-bond acceptors (Lipinski definition) is 2. The molecule has 2 unspecified atom stereocenters. The van der Waals surface area contributed by atoms with Gasteiger partial charge in [0.1, 0.15) is 11.9 Å². The molecular formula is C16H16ClF2NO. The van der Waals surface area contributed by atoms with E-state index in [2.05, 4.69) is 0 Å². The van der Waals surface area contributed by atoms with Crippen molar-refractivity contribution >= 4 is 11.6 Å². The Balaban J connectivity index is 2.32. The van der Waals surface area contributed by atoms with Crippen LogP contribution in [0.25, 0.3) is 0 Å². The quantitative estimate of drug-likeness (QED) is 0.884. The van der Waals surface area contributed by atoms with Gasteiger partial charge in [0.05, 0.1) is 0 Å². The Hall–Kier alpha value is -1.65. The second kappa shape index (κ2) is 6.87. The summed E-state index contributed by atoms with van der Waals surface area (Å²) in [5.41, 5.74) is 6.81. The van der Waals surface area contributed by atoms with Crippen molar-refractivity contribution in [1.82, 2.24) is 0 Å². The fraction of sp³-hybridized carbons (Fsp3) is 0.250. The number of ether oxygens (including phenoxy) is 1. The van der Waals surface area contributed by atoms with E-state index >= 15 is 0 Å². The molecule has 2 rings (SSSR count). The van der Waals surface area contributed by atoms with E-state index in [0.29, 0.717) is 11.4 Å². The molecule has 0 aliphatic rings. The molecule has 0 heterocycles. The third-order valence-corrected chi connectivity index (χ3v) is 3.46. The molecule has 0 saturated heterocycles. The first-order valence-electron chi connectivity index (χ1n) is 6.64. The van der Waals surface area contributed by atoms with Gasteiger partial charge < -0.3 is 10.5 Å². The lowest BCUT2D eigenvalue weighted by Crippen LogP contribution is -2.31. The molecule has 0 fully saturated rings. The molecule has 21 heavy (non-hydrogen) atoms. The van der Waals surface area contributed by atoms with E-state index in [4.69, 9.17) is 22.1 Å². The van der Waals surface area contributed by atoms with Crippen molar-refractivity contribution in [3.05, 3.63) is 64.7 Å². The summed E-state index contributed by atoms with van der Waals surface area (Å²) in [4.78, 5) is 0. The van der Waals surface area contributed by atoms with Crippen LogP contribution in [-0.4, -0.2) is 6.04 Å². The summed E-state index contributed by atoms with van der Waals surface area (Å²) in [6, 6.07) is 9.67. The lowest BCUT2D eigenvalue weighted by atomic mass is 10.0. The number of rotatable bonds is 5. The Labute approximate surface area is 127 Å². The van der Waals surface area contributed by atoms with Crippen molar-refractivity contribution < 1.29 is 13.5 Å². The van der Waals surface area contributed by atoms with Gasteiger partial charge in [-0.05, 0) is 36.2 Å². The molecule has 2 atom stereocenters. The highest BCUT2D eigenvalue weighted by molar-refractivity contribution is 6.30. The van der Waals surface area contributed by atoms with Crippen LogP contribution in [0.5, 0.6) is 5.75 Å². The molecular weight excluding hydrogens is 296 g/mol. The van der Waals surface area contributed by atoms with Gasteiger partial charge in [0.2, 0.25) is 0 Å². The fourth-order valence-electron chi connectivity index (χ4n) is 1.97. The van der Waals surface area contributed by atoms with Crippen LogP contribution in [0.1, 0.15) is 25.0 Å². The Morgan fingerprint density at radius 3 is 2.43 bits per heavy atom. The maximum Gasteiger partial charge on any atom is 0.165 e. The van der Waals surface area contributed by atoms with Crippen molar-refractivity contribution in [2.45, 2.75) is 25.5 Å². The van der Waals surface area contributed by atoms with Crippen molar-refractivity contribution in [2.75, 3.05) is 0 Å². The molecule has 0 saturated carbocycles. The van der Waals surface area contributed by atoms with Crippen molar-refractivity contribution in [1.29, 1.82) is 0 Å². The van der Waals surface area contributed by atoms with Crippen LogP contribution in [-0.2, 0) is 0 Å². The second-order valence-corrected chi connectivity index (χ2v) is 5.17. The number of benzene rings is 2. The molecule has 2 N–H and O–H groups in total. The monoisotopic (exact) mass is 311 g/mol. The highest BCUT2D eigenvalue weighted by Gasteiger charge is 2.22. The van der Waals surface area contributed by atoms with E-state index < -0.39 is 17.7 Å². The molecule has 0 aliphatic carbocycles. The minimum Gasteiger partial charge on any atom is -0.481 e. The average molecular weight is 312 g/mol. The largest absolute Gasteiger partial charge is 0.481 e. The van der Waals surface area contributed by atoms with Gasteiger partial charge in [-0.2, -0.15) is 0 Å². The first-order chi connectivity index (χ1) is 10.0. The summed E-state index contributed by atoms with van der Waals surface area (Å²) in [6.45, 7) is 1.90. The highest BCUT2D eigenvalue weighted by atomic mass is 35.5. The van der Waals surface area contributed by atoms with E-state index in [9.17, 15) is 8.78 Å². The summed E-state index contributed by atoms with van der Waals surface area (Å²) in [6.07, 6.45) is 0.0492. The van der Waals surface area contributed by atoms with Gasteiger partial charge in [-0.15, -0.1) is 0 Å². The van der Waals surface area contributed by atoms with E-state index in [0.717, 1.165) is 23.8 Å². The molecule has 0 bridgehead atoms. The van der Waals surface area contributed by atoms with Gasteiger partial charge in [-0.25, -0.2) is 8.78 Å². The van der Waals surface area contributed by atoms with Gasteiger partial charge in [0.15, 0.2) is 11.6 Å². The van der Waals surface area contributed by atoms with E-state index in [1.807, 2.05) is 6.92 Å². The van der Waals surface area contributed by atoms with Crippen LogP contribution < -0.4 is 10.5 Å². The zero-order chi connectivity index (χ0) is 15.4. The Bertz CT molecular complexity index is 604. The summed E-state index contributed by atoms with van der Waals surface area (Å²) >= 11 is 5.85. The standard InChI is InChI=1S/C16H16ClF2NO/c1-2-14(20)16(10-3-5-11(17)6-4-10)21-15-9-12(18)7-8-13(15)19/h3-9,14,16H,2,20H2,1H3. The zero-order valence-electron chi connectivity index (χ0n) is 11.5. The molecule has 2 aromatic rings. The summed E-state index contributed by atoms with van der Waals surface area (Å²) in [5, 5.41) is 0.583. The molecule has 112 valence electrons. The first-order valence-corrected chi connectivity index (χ1v) is 7.01. The zero-order valence-corrected chi connectivity index (χ0v) is 12.3. The Morgan fingerprint density at radius 2 is 1.81 bits per heavy atom. The van der Waals surface area contributed by atoms with Crippen LogP contribution in [0.15, 0.2) is 42.5 Å². The van der Waals surface area contributed by atoms with Crippen LogP contribution in [0, 0.1) is 11.6 Å². The average Bonchev–Trinajstić information content (AvgIpc) is 2.48. The first kappa shape index (κ1) is 15.7. The summed E-state index contributed by atoms with van der Waals surface area (Å²) in [7, 11) is 0. The molecule has 0 aliphatic heterocycles. The lowest BCUT2D eigenvalue weighted by Gasteiger charge is -2.25. The van der Waals surface area contributed by atoms with Gasteiger partial charge >= 0.3 is 0 Å². The van der Waals surface area contributed by atoms with Crippen LogP contribution in [0.3, 0.4) is 0 Å². The van der Waals surface area contributed by atoms with Gasteiger partial charge in [0.25, 0.3) is 0 Å². The summed E-state index contributed by atoms with van der Waals surface area (Å²) in [5.74, 6) is -1.34. The molecule has 5 heteroatoms. The van der Waals surface area contributed by atoms with Gasteiger partial charge in [-0.3, -0.25) is 0 Å².